The van der Waals surface area contributed by atoms with Crippen LogP contribution in [-0.2, 0) is 15.0 Å². The molecule has 0 heterocycles. The number of para-hydroxylation sites is 2. The van der Waals surface area contributed by atoms with Crippen LogP contribution in [0.25, 0.3) is 0 Å². The molecule has 0 aliphatic carbocycles. The van der Waals surface area contributed by atoms with Gasteiger partial charge in [-0.2, -0.15) is 0 Å². The minimum atomic E-state index is 0.760. The van der Waals surface area contributed by atoms with Crippen LogP contribution < -0.4 is 11.0 Å². The third kappa shape index (κ3) is 4.12. The number of hydrogen-bond acceptors (Lipinski definition) is 5. The summed E-state index contributed by atoms with van der Waals surface area (Å²) in [5, 5.41) is 4.42. The first kappa shape index (κ1) is 11.4. The second kappa shape index (κ2) is 6.49. The van der Waals surface area contributed by atoms with E-state index in [1.807, 2.05) is 60.7 Å². The van der Waals surface area contributed by atoms with Gasteiger partial charge in [0.1, 0.15) is 0 Å². The van der Waals surface area contributed by atoms with Crippen molar-refractivity contribution >= 4 is 11.4 Å². The van der Waals surface area contributed by atoms with E-state index in [1.54, 1.807) is 0 Å². The Morgan fingerprint density at radius 2 is 1.00 bits per heavy atom. The van der Waals surface area contributed by atoms with E-state index < -0.39 is 0 Å². The van der Waals surface area contributed by atoms with Gasteiger partial charge in [0.15, 0.2) is 0 Å². The minimum absolute atomic E-state index is 0.760. The largest absolute Gasteiger partial charge is 0.233 e. The van der Waals surface area contributed by atoms with Crippen LogP contribution in [0, 0.1) is 0 Å². The van der Waals surface area contributed by atoms with Crippen LogP contribution in [-0.4, -0.2) is 0 Å². The molecule has 0 fully saturated rings. The van der Waals surface area contributed by atoms with Crippen molar-refractivity contribution in [3.8, 4) is 0 Å². The summed E-state index contributed by atoms with van der Waals surface area (Å²) in [6.07, 6.45) is 0. The molecule has 5 nitrogen and oxygen atoms in total. The van der Waals surface area contributed by atoms with E-state index in [1.165, 1.54) is 0 Å². The van der Waals surface area contributed by atoms with Crippen LogP contribution in [0.15, 0.2) is 60.7 Å². The van der Waals surface area contributed by atoms with Crippen molar-refractivity contribution in [1.29, 1.82) is 0 Å². The molecule has 0 spiro atoms. The summed E-state index contributed by atoms with van der Waals surface area (Å²) in [5.74, 6) is 0. The quantitative estimate of drug-likeness (QED) is 0.455. The summed E-state index contributed by atoms with van der Waals surface area (Å²) in [5.41, 5.74) is 6.61. The highest BCUT2D eigenvalue weighted by molar-refractivity contribution is 5.40. The van der Waals surface area contributed by atoms with Crippen molar-refractivity contribution in [2.75, 3.05) is 11.0 Å². The lowest BCUT2D eigenvalue weighted by Crippen LogP contribution is -2.07. The Morgan fingerprint density at radius 1 is 0.588 bits per heavy atom. The average Bonchev–Trinajstić information content (AvgIpc) is 2.41. The Bertz CT molecular complexity index is 381. The van der Waals surface area contributed by atoms with Gasteiger partial charge in [0.2, 0.25) is 0 Å². The van der Waals surface area contributed by atoms with Crippen molar-refractivity contribution in [3.63, 3.8) is 0 Å². The zero-order valence-electron chi connectivity index (χ0n) is 9.00. The summed E-state index contributed by atoms with van der Waals surface area (Å²) in [6, 6.07) is 18.6. The molecular weight excluding hydrogens is 220 g/mol. The zero-order valence-corrected chi connectivity index (χ0v) is 9.00. The standard InChI is InChI=1S/C12H12N2O3/c1-3-7-11(8-4-1)13-15-17-16-14-12-9-5-2-6-10-12/h1-10,13-14H. The number of nitrogens with one attached hydrogen (secondary N) is 2. The van der Waals surface area contributed by atoms with Crippen molar-refractivity contribution in [3.05, 3.63) is 60.7 Å². The van der Waals surface area contributed by atoms with Crippen LogP contribution in [0.2, 0.25) is 0 Å². The van der Waals surface area contributed by atoms with Crippen LogP contribution in [0.4, 0.5) is 11.4 Å². The normalized spacial score (nSPS) is 9.88. The first-order valence-corrected chi connectivity index (χ1v) is 5.06. The number of anilines is 2. The third-order valence-corrected chi connectivity index (χ3v) is 1.93. The molecule has 0 amide bonds. The molecule has 17 heavy (non-hydrogen) atoms. The predicted octanol–water partition coefficient (Wildman–Crippen LogP) is 2.92. The highest BCUT2D eigenvalue weighted by atomic mass is 17.6. The molecule has 0 aromatic heterocycles. The number of rotatable bonds is 6. The summed E-state index contributed by atoms with van der Waals surface area (Å²) < 4.78 is 0. The smallest absolute Gasteiger partial charge is 0.0635 e. The maximum absolute atomic E-state index is 4.61. The van der Waals surface area contributed by atoms with Crippen molar-refractivity contribution in [2.45, 2.75) is 0 Å². The first-order valence-electron chi connectivity index (χ1n) is 5.06. The maximum Gasteiger partial charge on any atom is 0.0635 e. The molecule has 2 aromatic carbocycles. The van der Waals surface area contributed by atoms with E-state index in [4.69, 9.17) is 0 Å². The van der Waals surface area contributed by atoms with Gasteiger partial charge in [-0.25, -0.2) is 11.0 Å². The van der Waals surface area contributed by atoms with Crippen LogP contribution in [0.3, 0.4) is 0 Å². The molecule has 0 saturated carbocycles. The van der Waals surface area contributed by atoms with Gasteiger partial charge in [0.05, 0.1) is 11.4 Å². The monoisotopic (exact) mass is 232 g/mol. The highest BCUT2D eigenvalue weighted by Crippen LogP contribution is 2.06. The van der Waals surface area contributed by atoms with Gasteiger partial charge >= 0.3 is 0 Å². The lowest BCUT2D eigenvalue weighted by atomic mass is 10.3. The van der Waals surface area contributed by atoms with Crippen molar-refractivity contribution < 1.29 is 15.0 Å². The topological polar surface area (TPSA) is 51.8 Å². The summed E-state index contributed by atoms with van der Waals surface area (Å²) in [4.78, 5) is 9.21. The van der Waals surface area contributed by atoms with Gasteiger partial charge in [-0.15, -0.1) is 0 Å². The van der Waals surface area contributed by atoms with E-state index >= 15 is 0 Å². The molecule has 2 aromatic rings. The van der Waals surface area contributed by atoms with Gasteiger partial charge in [-0.3, -0.25) is 0 Å². The van der Waals surface area contributed by atoms with E-state index in [-0.39, 0.29) is 0 Å². The van der Waals surface area contributed by atoms with Crippen LogP contribution in [0.5, 0.6) is 0 Å². The SMILES string of the molecule is c1ccc(NOOONc2ccccc2)cc1. The molecule has 0 bridgehead atoms. The Morgan fingerprint density at radius 3 is 1.41 bits per heavy atom. The van der Waals surface area contributed by atoms with Crippen molar-refractivity contribution in [1.82, 2.24) is 0 Å². The zero-order chi connectivity index (χ0) is 11.8. The first-order chi connectivity index (χ1) is 8.45. The fourth-order valence-corrected chi connectivity index (χ4v) is 1.16. The second-order valence-electron chi connectivity index (χ2n) is 3.17. The lowest BCUT2D eigenvalue weighted by Gasteiger charge is -2.05. The molecule has 5 heteroatoms. The third-order valence-electron chi connectivity index (χ3n) is 1.93. The Hall–Kier alpha value is -2.08. The van der Waals surface area contributed by atoms with Gasteiger partial charge in [-0.05, 0) is 29.3 Å². The fraction of sp³-hybridized carbons (Fsp3) is 0. The second-order valence-corrected chi connectivity index (χ2v) is 3.17. The highest BCUT2D eigenvalue weighted by Gasteiger charge is 1.92. The Kier molecular flexibility index (Phi) is 4.36. The van der Waals surface area contributed by atoms with Crippen LogP contribution in [0.1, 0.15) is 0 Å². The lowest BCUT2D eigenvalue weighted by molar-refractivity contribution is -0.491. The molecule has 0 aliphatic heterocycles. The van der Waals surface area contributed by atoms with Gasteiger partial charge < -0.3 is 0 Å². The molecule has 0 radical (unpaired) electrons. The average molecular weight is 232 g/mol. The molecule has 0 saturated heterocycles. The summed E-state index contributed by atoms with van der Waals surface area (Å²) in [6.45, 7) is 0. The van der Waals surface area contributed by atoms with Gasteiger partial charge in [-0.1, -0.05) is 46.4 Å². The van der Waals surface area contributed by atoms with Crippen molar-refractivity contribution in [2.24, 2.45) is 0 Å². The predicted molar refractivity (Wildman–Crippen MR) is 63.4 cm³/mol. The minimum Gasteiger partial charge on any atom is -0.233 e. The maximum atomic E-state index is 4.61. The molecule has 0 unspecified atom stereocenters. The van der Waals surface area contributed by atoms with E-state index in [9.17, 15) is 0 Å². The van der Waals surface area contributed by atoms with E-state index in [2.05, 4.69) is 26.0 Å². The number of hydrogen-bond donors (Lipinski definition) is 2. The molecular formula is C12H12N2O3. The molecule has 88 valence electrons. The molecule has 0 aliphatic rings. The summed E-state index contributed by atoms with van der Waals surface area (Å²) >= 11 is 0. The number of benzene rings is 2. The Labute approximate surface area is 98.7 Å². The summed E-state index contributed by atoms with van der Waals surface area (Å²) in [7, 11) is 0. The van der Waals surface area contributed by atoms with Gasteiger partial charge in [0.25, 0.3) is 0 Å². The van der Waals surface area contributed by atoms with Gasteiger partial charge in [0, 0.05) is 0 Å². The van der Waals surface area contributed by atoms with E-state index in [0.29, 0.717) is 0 Å². The molecule has 0 atom stereocenters. The van der Waals surface area contributed by atoms with Crippen LogP contribution >= 0.6 is 0 Å². The molecule has 2 rings (SSSR count). The Balaban J connectivity index is 1.61. The van der Waals surface area contributed by atoms with E-state index in [0.717, 1.165) is 11.4 Å². The fourth-order valence-electron chi connectivity index (χ4n) is 1.16. The molecule has 2 N–H and O–H groups in total.